The predicted octanol–water partition coefficient (Wildman–Crippen LogP) is 1.81. The van der Waals surface area contributed by atoms with Gasteiger partial charge < -0.3 is 5.32 Å². The Morgan fingerprint density at radius 2 is 1.95 bits per heavy atom. The van der Waals surface area contributed by atoms with E-state index in [-0.39, 0.29) is 29.8 Å². The Balaban J connectivity index is 2.60. The smallest absolute Gasteiger partial charge is 0.241 e. The molecule has 0 fully saturated rings. The molecule has 112 valence electrons. The number of benzene rings is 1. The first-order valence-electron chi connectivity index (χ1n) is 6.27. The number of hydrogen-bond acceptors (Lipinski definition) is 3. The fraction of sp³-hybridized carbons (Fsp3) is 0.462. The van der Waals surface area contributed by atoms with E-state index in [2.05, 4.69) is 26.0 Å². The van der Waals surface area contributed by atoms with Gasteiger partial charge in [0.25, 0.3) is 0 Å². The molecule has 0 spiro atoms. The third-order valence-corrected chi connectivity index (χ3v) is 5.06. The number of carbonyl (C=O) groups excluding carboxylic acids is 1. The van der Waals surface area contributed by atoms with Gasteiger partial charge in [-0.05, 0) is 40.5 Å². The minimum Gasteiger partial charge on any atom is -0.355 e. The van der Waals surface area contributed by atoms with Crippen LogP contribution in [-0.2, 0) is 14.8 Å². The zero-order chi connectivity index (χ0) is 15.3. The van der Waals surface area contributed by atoms with Crippen molar-refractivity contribution < 1.29 is 13.2 Å². The lowest BCUT2D eigenvalue weighted by Gasteiger charge is -2.10. The molecule has 0 unspecified atom stereocenters. The molecule has 0 aromatic heterocycles. The summed E-state index contributed by atoms with van der Waals surface area (Å²) in [4.78, 5) is 11.5. The van der Waals surface area contributed by atoms with Crippen LogP contribution in [-0.4, -0.2) is 27.4 Å². The Hall–Kier alpha value is -0.920. The second kappa shape index (κ2) is 7.19. The average Bonchev–Trinajstić information content (AvgIpc) is 2.33. The van der Waals surface area contributed by atoms with Crippen molar-refractivity contribution in [1.29, 1.82) is 0 Å². The van der Waals surface area contributed by atoms with Crippen LogP contribution in [0.2, 0.25) is 0 Å². The lowest BCUT2D eigenvalue weighted by Crippen LogP contribution is -2.36. The molecule has 0 bridgehead atoms. The lowest BCUT2D eigenvalue weighted by molar-refractivity contribution is -0.123. The van der Waals surface area contributed by atoms with Crippen LogP contribution in [0.3, 0.4) is 0 Å². The standard InChI is InChI=1S/C13H19BrN2O3S/c1-9(2)13(17)15-6-7-16-20(18,19)12-5-4-10(3)8-11(12)14/h4-5,8-9,16H,6-7H2,1-3H3,(H,15,17). The highest BCUT2D eigenvalue weighted by atomic mass is 79.9. The van der Waals surface area contributed by atoms with Crippen LogP contribution in [0.5, 0.6) is 0 Å². The van der Waals surface area contributed by atoms with Crippen molar-refractivity contribution in [3.8, 4) is 0 Å². The molecule has 1 aromatic rings. The monoisotopic (exact) mass is 362 g/mol. The molecular weight excluding hydrogens is 344 g/mol. The number of hydrogen-bond donors (Lipinski definition) is 2. The molecule has 7 heteroatoms. The van der Waals surface area contributed by atoms with E-state index >= 15 is 0 Å². The molecule has 20 heavy (non-hydrogen) atoms. The second-order valence-corrected chi connectivity index (χ2v) is 7.37. The SMILES string of the molecule is Cc1ccc(S(=O)(=O)NCCNC(=O)C(C)C)c(Br)c1. The molecule has 5 nitrogen and oxygen atoms in total. The van der Waals surface area contributed by atoms with Gasteiger partial charge in [-0.2, -0.15) is 0 Å². The molecule has 1 aromatic carbocycles. The van der Waals surface area contributed by atoms with E-state index in [9.17, 15) is 13.2 Å². The Morgan fingerprint density at radius 1 is 1.30 bits per heavy atom. The molecule has 1 amide bonds. The highest BCUT2D eigenvalue weighted by Gasteiger charge is 2.17. The van der Waals surface area contributed by atoms with E-state index in [1.165, 1.54) is 0 Å². The summed E-state index contributed by atoms with van der Waals surface area (Å²) < 4.78 is 27.2. The number of amides is 1. The number of aryl methyl sites for hydroxylation is 1. The summed E-state index contributed by atoms with van der Waals surface area (Å²) in [6, 6.07) is 5.03. The van der Waals surface area contributed by atoms with Crippen molar-refractivity contribution >= 4 is 31.9 Å². The van der Waals surface area contributed by atoms with Crippen LogP contribution in [0.25, 0.3) is 0 Å². The highest BCUT2D eigenvalue weighted by Crippen LogP contribution is 2.22. The van der Waals surface area contributed by atoms with E-state index in [4.69, 9.17) is 0 Å². The Labute approximate surface area is 128 Å². The summed E-state index contributed by atoms with van der Waals surface area (Å²) in [5.74, 6) is -0.210. The normalized spacial score (nSPS) is 11.7. The van der Waals surface area contributed by atoms with Crippen molar-refractivity contribution in [3.63, 3.8) is 0 Å². The number of carbonyl (C=O) groups is 1. The predicted molar refractivity (Wildman–Crippen MR) is 81.9 cm³/mol. The fourth-order valence-corrected chi connectivity index (χ4v) is 3.70. The van der Waals surface area contributed by atoms with Crippen LogP contribution in [0.1, 0.15) is 19.4 Å². The molecule has 0 aliphatic carbocycles. The Kier molecular flexibility index (Phi) is 6.16. The van der Waals surface area contributed by atoms with Crippen molar-refractivity contribution in [1.82, 2.24) is 10.0 Å². The first kappa shape index (κ1) is 17.1. The van der Waals surface area contributed by atoms with Crippen LogP contribution in [0.4, 0.5) is 0 Å². The van der Waals surface area contributed by atoms with Crippen molar-refractivity contribution in [2.75, 3.05) is 13.1 Å². The third kappa shape index (κ3) is 4.88. The quantitative estimate of drug-likeness (QED) is 0.757. The molecule has 0 aliphatic heterocycles. The molecule has 0 heterocycles. The highest BCUT2D eigenvalue weighted by molar-refractivity contribution is 9.10. The van der Waals surface area contributed by atoms with Gasteiger partial charge in [0.05, 0.1) is 4.90 Å². The molecule has 0 atom stereocenters. The first-order valence-corrected chi connectivity index (χ1v) is 8.55. The first-order chi connectivity index (χ1) is 9.24. The summed E-state index contributed by atoms with van der Waals surface area (Å²) in [5, 5.41) is 2.65. The minimum atomic E-state index is -3.57. The van der Waals surface area contributed by atoms with E-state index in [1.807, 2.05) is 6.92 Å². The largest absolute Gasteiger partial charge is 0.355 e. The van der Waals surface area contributed by atoms with Crippen LogP contribution < -0.4 is 10.0 Å². The fourth-order valence-electron chi connectivity index (χ4n) is 1.48. The van der Waals surface area contributed by atoms with Gasteiger partial charge in [-0.15, -0.1) is 0 Å². The topological polar surface area (TPSA) is 75.3 Å². The maximum absolute atomic E-state index is 12.1. The van der Waals surface area contributed by atoms with Gasteiger partial charge in [0.1, 0.15) is 0 Å². The number of halogens is 1. The van der Waals surface area contributed by atoms with E-state index < -0.39 is 10.0 Å². The molecule has 0 saturated heterocycles. The van der Waals surface area contributed by atoms with Gasteiger partial charge >= 0.3 is 0 Å². The average molecular weight is 363 g/mol. The number of rotatable bonds is 6. The maximum Gasteiger partial charge on any atom is 0.241 e. The van der Waals surface area contributed by atoms with Crippen molar-refractivity contribution in [2.24, 2.45) is 5.92 Å². The summed E-state index contributed by atoms with van der Waals surface area (Å²) in [6.45, 7) is 5.86. The molecule has 2 N–H and O–H groups in total. The van der Waals surface area contributed by atoms with Gasteiger partial charge in [0.15, 0.2) is 0 Å². The van der Waals surface area contributed by atoms with Crippen molar-refractivity contribution in [3.05, 3.63) is 28.2 Å². The van der Waals surface area contributed by atoms with E-state index in [1.54, 1.807) is 32.0 Å². The molecule has 0 radical (unpaired) electrons. The minimum absolute atomic E-state index is 0.0966. The summed E-state index contributed by atoms with van der Waals surface area (Å²) in [6.07, 6.45) is 0. The van der Waals surface area contributed by atoms with Gasteiger partial charge in [0.2, 0.25) is 15.9 Å². The lowest BCUT2D eigenvalue weighted by atomic mass is 10.2. The molecule has 0 aliphatic rings. The van der Waals surface area contributed by atoms with Crippen molar-refractivity contribution in [2.45, 2.75) is 25.7 Å². The van der Waals surface area contributed by atoms with Gasteiger partial charge in [-0.3, -0.25) is 4.79 Å². The summed E-state index contributed by atoms with van der Waals surface area (Å²) >= 11 is 3.25. The summed E-state index contributed by atoms with van der Waals surface area (Å²) in [7, 11) is -3.57. The van der Waals surface area contributed by atoms with E-state index in [0.717, 1.165) is 5.56 Å². The third-order valence-electron chi connectivity index (χ3n) is 2.62. The number of sulfonamides is 1. The van der Waals surface area contributed by atoms with Crippen LogP contribution in [0, 0.1) is 12.8 Å². The Bertz CT molecular complexity index is 585. The Morgan fingerprint density at radius 3 is 2.50 bits per heavy atom. The van der Waals surface area contributed by atoms with Gasteiger partial charge in [-0.1, -0.05) is 19.9 Å². The van der Waals surface area contributed by atoms with E-state index in [0.29, 0.717) is 4.47 Å². The van der Waals surface area contributed by atoms with Gasteiger partial charge in [0, 0.05) is 23.5 Å². The molecular formula is C13H19BrN2O3S. The van der Waals surface area contributed by atoms with Gasteiger partial charge in [-0.25, -0.2) is 13.1 Å². The van der Waals surface area contributed by atoms with Crippen LogP contribution >= 0.6 is 15.9 Å². The summed E-state index contributed by atoms with van der Waals surface area (Å²) in [5.41, 5.74) is 0.972. The second-order valence-electron chi connectivity index (χ2n) is 4.78. The molecule has 1 rings (SSSR count). The number of nitrogens with one attached hydrogen (secondary N) is 2. The zero-order valence-electron chi connectivity index (χ0n) is 11.7. The molecule has 0 saturated carbocycles. The zero-order valence-corrected chi connectivity index (χ0v) is 14.1. The maximum atomic E-state index is 12.1. The van der Waals surface area contributed by atoms with Crippen LogP contribution in [0.15, 0.2) is 27.6 Å².